The Hall–Kier alpha value is -6.08. The Morgan fingerprint density at radius 3 is 1.86 bits per heavy atom. The molecule has 320 valence electrons. The Morgan fingerprint density at radius 1 is 0.619 bits per heavy atom. The molecule has 2 aliphatic carbocycles. The molecular formula is C56H56F2N4O. The van der Waals surface area contributed by atoms with Gasteiger partial charge in [0.05, 0.1) is 28.2 Å². The van der Waals surface area contributed by atoms with Gasteiger partial charge in [0.2, 0.25) is 0 Å². The average molecular weight is 839 g/mol. The number of pyridine rings is 1. The number of ether oxygens (including phenoxy) is 1. The summed E-state index contributed by atoms with van der Waals surface area (Å²) in [6.45, 7) is 20.2. The first-order valence-corrected chi connectivity index (χ1v) is 22.4. The summed E-state index contributed by atoms with van der Waals surface area (Å²) in [5.41, 5.74) is 11.7. The highest BCUT2D eigenvalue weighted by molar-refractivity contribution is 5.90. The molecule has 7 heteroatoms. The molecule has 3 aliphatic rings. The molecule has 10 rings (SSSR count). The predicted molar refractivity (Wildman–Crippen MR) is 250 cm³/mol. The van der Waals surface area contributed by atoms with Crippen molar-refractivity contribution in [2.45, 2.75) is 115 Å². The SMILES string of the molecule is CC(C)(C)c1ccc(N2c3ccc(C(C)(C)C)cc3C(c3cccc(Oc4cc(-n5cc6c(n5)[C@@H]5CC[C@H]6C5)c(F)cc4F)c3)(c3ccccn3)c3cc(C(C)(C)C)ccc32)cc1. The van der Waals surface area contributed by atoms with Gasteiger partial charge in [-0.25, -0.2) is 13.5 Å². The summed E-state index contributed by atoms with van der Waals surface area (Å²) in [7, 11) is 0. The molecule has 1 saturated carbocycles. The van der Waals surface area contributed by atoms with Crippen LogP contribution in [0.5, 0.6) is 11.5 Å². The van der Waals surface area contributed by atoms with Crippen molar-refractivity contribution in [1.82, 2.24) is 14.8 Å². The number of nitrogens with zero attached hydrogens (tertiary/aromatic N) is 4. The lowest BCUT2D eigenvalue weighted by atomic mass is 9.62. The standard InChI is InChI=1S/C56H56F2N4O/c1-53(2,3)36-18-22-40(23-19-36)62-47-24-20-37(54(4,5)6)29-43(47)56(51-15-10-11-26-59-51,44-30-38(55(7,8)9)21-25-48(44)62)39-13-12-14-41(28-39)63-50-32-49(45(57)31-46(50)58)61-33-42-34-16-17-35(27-34)52(42)60-61/h10-15,18-26,28-35H,16-17,27H2,1-9H3/t34-,35+/m0/s1. The van der Waals surface area contributed by atoms with Crippen molar-refractivity contribution in [2.24, 2.45) is 0 Å². The molecule has 2 aromatic heterocycles. The maximum atomic E-state index is 15.9. The van der Waals surface area contributed by atoms with E-state index in [0.29, 0.717) is 17.6 Å². The van der Waals surface area contributed by atoms with E-state index in [1.807, 2.05) is 36.7 Å². The number of hydrogen-bond donors (Lipinski definition) is 0. The number of rotatable bonds is 6. The first-order chi connectivity index (χ1) is 29.9. The summed E-state index contributed by atoms with van der Waals surface area (Å²) in [5, 5.41) is 4.82. The predicted octanol–water partition coefficient (Wildman–Crippen LogP) is 14.8. The molecule has 2 bridgehead atoms. The van der Waals surface area contributed by atoms with Gasteiger partial charge < -0.3 is 9.64 Å². The van der Waals surface area contributed by atoms with Crippen molar-refractivity contribution in [1.29, 1.82) is 0 Å². The fraction of sp³-hybridized carbons (Fsp3) is 0.321. The van der Waals surface area contributed by atoms with Crippen molar-refractivity contribution < 1.29 is 13.5 Å². The van der Waals surface area contributed by atoms with Crippen LogP contribution in [0.2, 0.25) is 0 Å². The number of halogens is 2. The van der Waals surface area contributed by atoms with E-state index in [0.717, 1.165) is 70.5 Å². The molecular weight excluding hydrogens is 783 g/mol. The summed E-state index contributed by atoms with van der Waals surface area (Å²) in [4.78, 5) is 7.61. The van der Waals surface area contributed by atoms with E-state index < -0.39 is 17.0 Å². The second-order valence-corrected chi connectivity index (χ2v) is 21.0. The van der Waals surface area contributed by atoms with Crippen molar-refractivity contribution >= 4 is 17.1 Å². The number of aromatic nitrogens is 3. The topological polar surface area (TPSA) is 43.2 Å². The van der Waals surface area contributed by atoms with E-state index in [9.17, 15) is 0 Å². The summed E-state index contributed by atoms with van der Waals surface area (Å²) >= 11 is 0. The molecule has 7 aromatic rings. The maximum absolute atomic E-state index is 15.9. The van der Waals surface area contributed by atoms with Crippen molar-refractivity contribution in [3.63, 3.8) is 0 Å². The zero-order chi connectivity index (χ0) is 44.2. The van der Waals surface area contributed by atoms with Gasteiger partial charge in [-0.2, -0.15) is 5.10 Å². The fourth-order valence-electron chi connectivity index (χ4n) is 10.3. The second-order valence-electron chi connectivity index (χ2n) is 21.0. The van der Waals surface area contributed by atoms with Gasteiger partial charge in [0.15, 0.2) is 17.4 Å². The van der Waals surface area contributed by atoms with E-state index in [2.05, 4.69) is 146 Å². The molecule has 5 nitrogen and oxygen atoms in total. The van der Waals surface area contributed by atoms with Gasteiger partial charge in [-0.05, 0) is 129 Å². The Bertz CT molecular complexity index is 2800. The van der Waals surface area contributed by atoms with E-state index in [1.165, 1.54) is 28.3 Å². The molecule has 1 aliphatic heterocycles. The lowest BCUT2D eigenvalue weighted by Gasteiger charge is -2.47. The molecule has 3 heterocycles. The van der Waals surface area contributed by atoms with Gasteiger partial charge in [0.25, 0.3) is 0 Å². The highest BCUT2D eigenvalue weighted by Gasteiger charge is 2.49. The van der Waals surface area contributed by atoms with Gasteiger partial charge in [-0.1, -0.05) is 117 Å². The molecule has 0 radical (unpaired) electrons. The van der Waals surface area contributed by atoms with Gasteiger partial charge in [0.1, 0.15) is 11.4 Å². The molecule has 2 atom stereocenters. The first kappa shape index (κ1) is 41.0. The second kappa shape index (κ2) is 14.5. The van der Waals surface area contributed by atoms with Gasteiger partial charge >= 0.3 is 0 Å². The Balaban J connectivity index is 1.20. The fourth-order valence-corrected chi connectivity index (χ4v) is 10.3. The van der Waals surface area contributed by atoms with Crippen molar-refractivity contribution in [3.05, 3.63) is 190 Å². The summed E-state index contributed by atoms with van der Waals surface area (Å²) in [5.74, 6) is -0.256. The largest absolute Gasteiger partial charge is 0.454 e. The Labute approximate surface area is 370 Å². The Morgan fingerprint density at radius 2 is 1.25 bits per heavy atom. The number of benzene rings is 5. The van der Waals surface area contributed by atoms with E-state index >= 15 is 8.78 Å². The van der Waals surface area contributed by atoms with Crippen LogP contribution < -0.4 is 9.64 Å². The minimum atomic E-state index is -0.961. The third kappa shape index (κ3) is 6.77. The molecule has 0 spiro atoms. The minimum absolute atomic E-state index is 0.00202. The molecule has 1 fully saturated rings. The first-order valence-electron chi connectivity index (χ1n) is 22.4. The third-order valence-corrected chi connectivity index (χ3v) is 13.8. The van der Waals surface area contributed by atoms with Crippen LogP contribution in [0.15, 0.2) is 128 Å². The van der Waals surface area contributed by atoms with E-state index in [4.69, 9.17) is 14.8 Å². The molecule has 0 amide bonds. The number of fused-ring (bicyclic) bond motifs is 7. The number of hydrogen-bond acceptors (Lipinski definition) is 4. The summed E-state index contributed by atoms with van der Waals surface area (Å²) < 4.78 is 39.6. The van der Waals surface area contributed by atoms with Gasteiger partial charge in [-0.3, -0.25) is 4.98 Å². The summed E-state index contributed by atoms with van der Waals surface area (Å²) in [6, 6.07) is 39.1. The Kier molecular flexibility index (Phi) is 9.42. The zero-order valence-electron chi connectivity index (χ0n) is 37.9. The maximum Gasteiger partial charge on any atom is 0.168 e. The highest BCUT2D eigenvalue weighted by Crippen LogP contribution is 2.59. The highest BCUT2D eigenvalue weighted by atomic mass is 19.1. The van der Waals surface area contributed by atoms with Crippen LogP contribution in [0.1, 0.15) is 144 Å². The lowest BCUT2D eigenvalue weighted by molar-refractivity contribution is 0.435. The molecule has 63 heavy (non-hydrogen) atoms. The average Bonchev–Trinajstić information content (AvgIpc) is 3.99. The molecule has 0 saturated heterocycles. The van der Waals surface area contributed by atoms with Gasteiger partial charge in [0, 0.05) is 36.1 Å². The van der Waals surface area contributed by atoms with Crippen molar-refractivity contribution in [3.8, 4) is 17.2 Å². The van der Waals surface area contributed by atoms with E-state index in [-0.39, 0.29) is 27.7 Å². The monoisotopic (exact) mass is 838 g/mol. The molecule has 0 unspecified atom stereocenters. The van der Waals surface area contributed by atoms with Crippen LogP contribution in [0.3, 0.4) is 0 Å². The van der Waals surface area contributed by atoms with Crippen LogP contribution in [-0.4, -0.2) is 14.8 Å². The van der Waals surface area contributed by atoms with Crippen LogP contribution >= 0.6 is 0 Å². The van der Waals surface area contributed by atoms with Crippen LogP contribution in [-0.2, 0) is 21.7 Å². The van der Waals surface area contributed by atoms with Crippen LogP contribution in [0.4, 0.5) is 25.8 Å². The molecule has 0 N–H and O–H groups in total. The quantitative estimate of drug-likeness (QED) is 0.167. The third-order valence-electron chi connectivity index (χ3n) is 13.8. The smallest absolute Gasteiger partial charge is 0.168 e. The van der Waals surface area contributed by atoms with Gasteiger partial charge in [-0.15, -0.1) is 0 Å². The lowest BCUT2D eigenvalue weighted by Crippen LogP contribution is -2.39. The normalized spacial score (nSPS) is 17.7. The number of anilines is 3. The summed E-state index contributed by atoms with van der Waals surface area (Å²) in [6.07, 6.45) is 7.14. The minimum Gasteiger partial charge on any atom is -0.454 e. The zero-order valence-corrected chi connectivity index (χ0v) is 37.9. The van der Waals surface area contributed by atoms with E-state index in [1.54, 1.807) is 4.68 Å². The molecule has 5 aromatic carbocycles. The van der Waals surface area contributed by atoms with Crippen LogP contribution in [0.25, 0.3) is 5.69 Å². The van der Waals surface area contributed by atoms with Crippen LogP contribution in [0, 0.1) is 11.6 Å². The van der Waals surface area contributed by atoms with Crippen molar-refractivity contribution in [2.75, 3.05) is 4.90 Å².